The topological polar surface area (TPSA) is 107 Å². The third kappa shape index (κ3) is 5.27. The molecule has 0 aliphatic heterocycles. The van der Waals surface area contributed by atoms with Gasteiger partial charge in [0.2, 0.25) is 5.91 Å². The average Bonchev–Trinajstić information content (AvgIpc) is 3.25. The van der Waals surface area contributed by atoms with Crippen LogP contribution >= 0.6 is 0 Å². The van der Waals surface area contributed by atoms with Gasteiger partial charge >= 0.3 is 0 Å². The average molecular weight is 535 g/mol. The lowest BCUT2D eigenvalue weighted by molar-refractivity contribution is -0.124. The van der Waals surface area contributed by atoms with Crippen molar-refractivity contribution < 1.29 is 9.53 Å². The molecule has 3 N–H and O–H groups in total. The lowest BCUT2D eigenvalue weighted by Gasteiger charge is -2.28. The van der Waals surface area contributed by atoms with Crippen molar-refractivity contribution in [2.75, 3.05) is 26.0 Å². The highest BCUT2D eigenvalue weighted by molar-refractivity contribution is 5.95. The number of hydrogen-bond donors (Lipinski definition) is 2. The fraction of sp³-hybridized carbons (Fsp3) is 0.312. The van der Waals surface area contributed by atoms with Crippen LogP contribution in [0.3, 0.4) is 0 Å². The Kier molecular flexibility index (Phi) is 7.42. The van der Waals surface area contributed by atoms with Crippen molar-refractivity contribution in [3.8, 4) is 11.3 Å². The molecule has 204 valence electrons. The molecule has 2 aliphatic rings. The van der Waals surface area contributed by atoms with Crippen molar-refractivity contribution in [2.24, 2.45) is 5.92 Å². The van der Waals surface area contributed by atoms with E-state index in [1.54, 1.807) is 6.20 Å². The molecule has 3 heterocycles. The van der Waals surface area contributed by atoms with E-state index in [1.165, 1.54) is 12.7 Å². The molecule has 2 aliphatic carbocycles. The molecule has 1 aromatic carbocycles. The fourth-order valence-corrected chi connectivity index (χ4v) is 5.87. The third-order valence-corrected chi connectivity index (χ3v) is 7.97. The van der Waals surface area contributed by atoms with Gasteiger partial charge in [0.05, 0.1) is 11.4 Å². The van der Waals surface area contributed by atoms with Crippen molar-refractivity contribution in [3.05, 3.63) is 89.8 Å². The molecule has 8 heteroatoms. The van der Waals surface area contributed by atoms with Crippen LogP contribution in [0, 0.1) is 5.92 Å². The number of carbonyl (C=O) groups is 1. The Balaban J connectivity index is 1.31. The van der Waals surface area contributed by atoms with Gasteiger partial charge < -0.3 is 15.8 Å². The van der Waals surface area contributed by atoms with Crippen LogP contribution in [0.5, 0.6) is 0 Å². The number of rotatable bonds is 7. The summed E-state index contributed by atoms with van der Waals surface area (Å²) in [4.78, 5) is 26.5. The van der Waals surface area contributed by atoms with Gasteiger partial charge in [0.1, 0.15) is 29.5 Å². The first-order valence-electron chi connectivity index (χ1n) is 13.9. The van der Waals surface area contributed by atoms with E-state index in [4.69, 9.17) is 20.4 Å². The number of aromatic nitrogens is 4. The number of fused-ring (bicyclic) bond motifs is 2. The Hall–Kier alpha value is -4.30. The zero-order chi connectivity index (χ0) is 27.5. The molecule has 40 heavy (non-hydrogen) atoms. The number of pyridine rings is 1. The molecule has 1 saturated carbocycles. The second-order valence-electron chi connectivity index (χ2n) is 10.6. The maximum Gasteiger partial charge on any atom is 0.245 e. The summed E-state index contributed by atoms with van der Waals surface area (Å²) in [7, 11) is 1.54. The summed E-state index contributed by atoms with van der Waals surface area (Å²) in [5.41, 5.74) is 13.3. The van der Waals surface area contributed by atoms with Crippen molar-refractivity contribution in [3.63, 3.8) is 0 Å². The molecule has 1 amide bonds. The molecule has 8 nitrogen and oxygen atoms in total. The van der Waals surface area contributed by atoms with Crippen molar-refractivity contribution in [2.45, 2.75) is 38.0 Å². The van der Waals surface area contributed by atoms with Gasteiger partial charge in [-0.15, -0.1) is 0 Å². The minimum atomic E-state index is -0.0619. The number of nitrogens with zero attached hydrogens (tertiary/aromatic N) is 4. The number of imidazole rings is 1. The second kappa shape index (κ2) is 11.4. The normalized spacial score (nSPS) is 18.7. The number of ether oxygens (including phenoxy) is 1. The van der Waals surface area contributed by atoms with Gasteiger partial charge in [-0.1, -0.05) is 48.6 Å². The number of nitrogens with two attached hydrogens (primary N) is 1. The molecule has 0 spiro atoms. The van der Waals surface area contributed by atoms with E-state index in [-0.39, 0.29) is 12.5 Å². The van der Waals surface area contributed by atoms with E-state index in [0.29, 0.717) is 24.2 Å². The number of methoxy groups -OCH3 is 1. The molecule has 4 aromatic rings. The van der Waals surface area contributed by atoms with Crippen molar-refractivity contribution >= 4 is 28.9 Å². The SMILES string of the molecule is COCC(=O)NCC1CCC(c2nc(C3=Cc4nc(-c5ccccc5)ccc4CC=C3)c3c(N)nccn23)CC1. The molecular formula is C32H34N6O2. The number of nitrogens with one attached hydrogen (secondary N) is 1. The van der Waals surface area contributed by atoms with E-state index >= 15 is 0 Å². The highest BCUT2D eigenvalue weighted by Gasteiger charge is 2.28. The highest BCUT2D eigenvalue weighted by Crippen LogP contribution is 2.38. The van der Waals surface area contributed by atoms with Crippen LogP contribution in [0.4, 0.5) is 5.82 Å². The van der Waals surface area contributed by atoms with Gasteiger partial charge in [-0.05, 0) is 55.7 Å². The number of benzene rings is 1. The van der Waals surface area contributed by atoms with Crippen LogP contribution in [0.15, 0.2) is 67.0 Å². The number of anilines is 1. The van der Waals surface area contributed by atoms with Gasteiger partial charge in [0, 0.05) is 43.1 Å². The second-order valence-corrected chi connectivity index (χ2v) is 10.6. The summed E-state index contributed by atoms with van der Waals surface area (Å²) < 4.78 is 7.05. The smallest absolute Gasteiger partial charge is 0.245 e. The molecule has 0 atom stereocenters. The highest BCUT2D eigenvalue weighted by atomic mass is 16.5. The largest absolute Gasteiger partial charge is 0.382 e. The lowest BCUT2D eigenvalue weighted by Crippen LogP contribution is -2.33. The van der Waals surface area contributed by atoms with E-state index in [2.05, 4.69) is 57.2 Å². The van der Waals surface area contributed by atoms with Crippen LogP contribution in [-0.2, 0) is 16.0 Å². The Morgan fingerprint density at radius 3 is 2.73 bits per heavy atom. The predicted molar refractivity (Wildman–Crippen MR) is 157 cm³/mol. The third-order valence-electron chi connectivity index (χ3n) is 7.97. The van der Waals surface area contributed by atoms with Gasteiger partial charge in [0.25, 0.3) is 0 Å². The van der Waals surface area contributed by atoms with Crippen LogP contribution < -0.4 is 11.1 Å². The number of allylic oxidation sites excluding steroid dienone is 3. The first-order valence-corrected chi connectivity index (χ1v) is 13.9. The van der Waals surface area contributed by atoms with E-state index in [9.17, 15) is 4.79 Å². The zero-order valence-electron chi connectivity index (χ0n) is 22.7. The zero-order valence-corrected chi connectivity index (χ0v) is 22.7. The Morgan fingerprint density at radius 2 is 1.93 bits per heavy atom. The summed E-state index contributed by atoms with van der Waals surface area (Å²) in [6, 6.07) is 14.5. The monoisotopic (exact) mass is 534 g/mol. The number of carbonyl (C=O) groups excluding carboxylic acids is 1. The Bertz CT molecular complexity index is 1580. The first kappa shape index (κ1) is 26.0. The van der Waals surface area contributed by atoms with Gasteiger partial charge in [-0.2, -0.15) is 0 Å². The number of amides is 1. The summed E-state index contributed by atoms with van der Waals surface area (Å²) in [6.07, 6.45) is 15.0. The molecule has 1 fully saturated rings. The lowest BCUT2D eigenvalue weighted by atomic mass is 9.81. The molecule has 6 rings (SSSR count). The molecule has 0 unspecified atom stereocenters. The first-order chi connectivity index (χ1) is 19.6. The minimum absolute atomic E-state index is 0.0619. The molecule has 0 saturated heterocycles. The van der Waals surface area contributed by atoms with E-state index in [1.807, 2.05) is 24.4 Å². The molecule has 0 radical (unpaired) electrons. The maximum atomic E-state index is 11.8. The Morgan fingerprint density at radius 1 is 1.10 bits per heavy atom. The summed E-state index contributed by atoms with van der Waals surface area (Å²) in [6.45, 7) is 0.792. The molecular weight excluding hydrogens is 500 g/mol. The quantitative estimate of drug-likeness (QED) is 0.343. The van der Waals surface area contributed by atoms with Crippen LogP contribution in [0.2, 0.25) is 0 Å². The molecule has 0 bridgehead atoms. The molecule has 3 aromatic heterocycles. The number of nitrogen functional groups attached to an aromatic ring is 1. The number of hydrogen-bond acceptors (Lipinski definition) is 6. The van der Waals surface area contributed by atoms with Crippen LogP contribution in [0.25, 0.3) is 28.4 Å². The van der Waals surface area contributed by atoms with Crippen LogP contribution in [-0.4, -0.2) is 45.5 Å². The van der Waals surface area contributed by atoms with Gasteiger partial charge in [0.15, 0.2) is 0 Å². The summed E-state index contributed by atoms with van der Waals surface area (Å²) in [5, 5.41) is 2.99. The van der Waals surface area contributed by atoms with E-state index in [0.717, 1.165) is 71.7 Å². The summed E-state index contributed by atoms with van der Waals surface area (Å²) >= 11 is 0. The fourth-order valence-electron chi connectivity index (χ4n) is 5.87. The van der Waals surface area contributed by atoms with Gasteiger partial charge in [-0.3, -0.25) is 9.20 Å². The van der Waals surface area contributed by atoms with Crippen LogP contribution in [0.1, 0.15) is 54.4 Å². The van der Waals surface area contributed by atoms with E-state index < -0.39 is 0 Å². The standard InChI is InChI=1S/C32H34N6O2/c1-40-20-28(39)35-19-21-10-12-24(13-11-21)32-37-29(30-31(33)34-16-17-38(30)32)25-9-5-8-23-14-15-26(36-27(23)18-25)22-6-3-2-4-7-22/h2-7,9,14-18,21,24H,8,10-13,19-20H2,1H3,(H2,33,34)(H,35,39). The van der Waals surface area contributed by atoms with Crippen molar-refractivity contribution in [1.82, 2.24) is 24.7 Å². The summed E-state index contributed by atoms with van der Waals surface area (Å²) in [5.74, 6) is 2.19. The minimum Gasteiger partial charge on any atom is -0.382 e. The predicted octanol–water partition coefficient (Wildman–Crippen LogP) is 5.06. The Labute approximate surface area is 234 Å². The maximum absolute atomic E-state index is 11.8. The van der Waals surface area contributed by atoms with Gasteiger partial charge in [-0.25, -0.2) is 15.0 Å². The van der Waals surface area contributed by atoms with Crippen molar-refractivity contribution in [1.29, 1.82) is 0 Å².